The molecule has 306 valence electrons. The van der Waals surface area contributed by atoms with Gasteiger partial charge < -0.3 is 4.57 Å². The van der Waals surface area contributed by atoms with Gasteiger partial charge in [0.1, 0.15) is 0 Å². The minimum absolute atomic E-state index is 0.269. The second-order valence-electron chi connectivity index (χ2n) is 17.6. The Labute approximate surface area is 376 Å². The Kier molecular flexibility index (Phi) is 8.18. The molecule has 0 unspecified atom stereocenters. The first-order chi connectivity index (χ1) is 32.0. The molecule has 1 aliphatic carbocycles. The van der Waals surface area contributed by atoms with Crippen LogP contribution in [-0.2, 0) is 5.41 Å². The number of hydrogen-bond acceptors (Lipinski definition) is 3. The monoisotopic (exact) mass is 831 g/mol. The maximum atomic E-state index is 5.58. The molecule has 0 N–H and O–H groups in total. The maximum absolute atomic E-state index is 5.58. The molecule has 0 atom stereocenters. The van der Waals surface area contributed by atoms with Gasteiger partial charge in [0.2, 0.25) is 5.95 Å². The van der Waals surface area contributed by atoms with E-state index in [0.29, 0.717) is 17.6 Å². The Morgan fingerprint density at radius 1 is 0.354 bits per heavy atom. The van der Waals surface area contributed by atoms with Crippen LogP contribution in [-0.4, -0.2) is 24.1 Å². The lowest BCUT2D eigenvalue weighted by molar-refractivity contribution is 0.661. The molecule has 65 heavy (non-hydrogen) atoms. The highest BCUT2D eigenvalue weighted by molar-refractivity contribution is 6.24. The normalized spacial score (nSPS) is 12.9. The summed E-state index contributed by atoms with van der Waals surface area (Å²) in [4.78, 5) is 16.4. The third kappa shape index (κ3) is 5.62. The predicted octanol–water partition coefficient (Wildman–Crippen LogP) is 15.0. The zero-order chi connectivity index (χ0) is 43.2. The van der Waals surface area contributed by atoms with E-state index in [4.69, 9.17) is 15.0 Å². The third-order valence-electron chi connectivity index (χ3n) is 13.6. The van der Waals surface area contributed by atoms with Gasteiger partial charge in [-0.05, 0) is 63.2 Å². The van der Waals surface area contributed by atoms with Crippen molar-refractivity contribution in [2.45, 2.75) is 19.3 Å². The van der Waals surface area contributed by atoms with Gasteiger partial charge in [-0.1, -0.05) is 202 Å². The van der Waals surface area contributed by atoms with Crippen LogP contribution in [0.1, 0.15) is 25.0 Å². The van der Waals surface area contributed by atoms with Crippen LogP contribution >= 0.6 is 0 Å². The lowest BCUT2D eigenvalue weighted by atomic mass is 9.80. The highest BCUT2D eigenvalue weighted by Crippen LogP contribution is 2.52. The smallest absolute Gasteiger partial charge is 0.238 e. The first kappa shape index (κ1) is 37.2. The molecule has 3 aromatic heterocycles. The molecule has 0 bridgehead atoms. The molecule has 0 saturated heterocycles. The third-order valence-corrected chi connectivity index (χ3v) is 13.6. The summed E-state index contributed by atoms with van der Waals surface area (Å²) in [7, 11) is 0. The number of rotatable bonds is 6. The van der Waals surface area contributed by atoms with Crippen molar-refractivity contribution in [2.24, 2.45) is 0 Å². The Balaban J connectivity index is 1.15. The van der Waals surface area contributed by atoms with Crippen LogP contribution in [0.3, 0.4) is 0 Å². The van der Waals surface area contributed by atoms with Crippen LogP contribution in [0.4, 0.5) is 0 Å². The molecule has 12 aromatic rings. The van der Waals surface area contributed by atoms with Crippen LogP contribution < -0.4 is 0 Å². The molecule has 13 rings (SSSR count). The van der Waals surface area contributed by atoms with Crippen LogP contribution in [0.2, 0.25) is 0 Å². The van der Waals surface area contributed by atoms with Crippen LogP contribution in [0.5, 0.6) is 0 Å². The fourth-order valence-electron chi connectivity index (χ4n) is 10.7. The van der Waals surface area contributed by atoms with E-state index in [0.717, 1.165) is 71.7 Å². The van der Waals surface area contributed by atoms with Crippen molar-refractivity contribution >= 4 is 43.6 Å². The first-order valence-electron chi connectivity index (χ1n) is 22.3. The SMILES string of the molecule is CC1(C)c2ccccc2-c2cccc(-c3nc(-c4ccccc4)nc(-n4c5ccccc5c5ccc6c7ccccc7n(-c7ccc(-c8ccccc8)cc7-c7ccccc7)c6c54)n3)c21. The van der Waals surface area contributed by atoms with Gasteiger partial charge in [-0.15, -0.1) is 0 Å². The van der Waals surface area contributed by atoms with E-state index < -0.39 is 0 Å². The summed E-state index contributed by atoms with van der Waals surface area (Å²) in [6.45, 7) is 4.64. The molecular weight excluding hydrogens is 791 g/mol. The lowest BCUT2D eigenvalue weighted by Gasteiger charge is -2.24. The van der Waals surface area contributed by atoms with Gasteiger partial charge in [0.25, 0.3) is 0 Å². The number of aromatic nitrogens is 5. The summed E-state index contributed by atoms with van der Waals surface area (Å²) in [5.74, 6) is 1.84. The molecular formula is C60H41N5. The van der Waals surface area contributed by atoms with E-state index in [1.807, 2.05) is 18.2 Å². The van der Waals surface area contributed by atoms with Gasteiger partial charge in [-0.3, -0.25) is 4.57 Å². The molecule has 0 fully saturated rings. The predicted molar refractivity (Wildman–Crippen MR) is 268 cm³/mol. The molecule has 0 radical (unpaired) electrons. The molecule has 1 aliphatic rings. The van der Waals surface area contributed by atoms with Gasteiger partial charge in [0.15, 0.2) is 11.6 Å². The van der Waals surface area contributed by atoms with Gasteiger partial charge in [-0.2, -0.15) is 9.97 Å². The number of para-hydroxylation sites is 2. The topological polar surface area (TPSA) is 48.5 Å². The average Bonchev–Trinajstić information content (AvgIpc) is 3.97. The fraction of sp³-hybridized carbons (Fsp3) is 0.0500. The minimum Gasteiger partial charge on any atom is -0.307 e. The highest BCUT2D eigenvalue weighted by Gasteiger charge is 2.38. The van der Waals surface area contributed by atoms with Crippen LogP contribution in [0.15, 0.2) is 212 Å². The van der Waals surface area contributed by atoms with E-state index in [9.17, 15) is 0 Å². The number of hydrogen-bond donors (Lipinski definition) is 0. The zero-order valence-electron chi connectivity index (χ0n) is 35.9. The Morgan fingerprint density at radius 3 is 1.60 bits per heavy atom. The summed E-state index contributed by atoms with van der Waals surface area (Å²) in [5, 5.41) is 4.58. The molecule has 0 amide bonds. The summed E-state index contributed by atoms with van der Waals surface area (Å²) < 4.78 is 4.77. The quantitative estimate of drug-likeness (QED) is 0.168. The second-order valence-corrected chi connectivity index (χ2v) is 17.6. The molecule has 5 heteroatoms. The van der Waals surface area contributed by atoms with Crippen molar-refractivity contribution in [1.29, 1.82) is 0 Å². The number of nitrogens with zero attached hydrogens (tertiary/aromatic N) is 5. The minimum atomic E-state index is -0.269. The maximum Gasteiger partial charge on any atom is 0.238 e. The average molecular weight is 832 g/mol. The first-order valence-corrected chi connectivity index (χ1v) is 22.3. The zero-order valence-corrected chi connectivity index (χ0v) is 35.9. The number of fused-ring (bicyclic) bond motifs is 10. The van der Waals surface area contributed by atoms with Gasteiger partial charge >= 0.3 is 0 Å². The van der Waals surface area contributed by atoms with Crippen molar-refractivity contribution < 1.29 is 0 Å². The summed E-state index contributed by atoms with van der Waals surface area (Å²) in [6, 6.07) is 76.0. The van der Waals surface area contributed by atoms with E-state index in [-0.39, 0.29) is 5.41 Å². The van der Waals surface area contributed by atoms with Crippen molar-refractivity contribution in [2.75, 3.05) is 0 Å². The molecule has 0 saturated carbocycles. The molecule has 3 heterocycles. The van der Waals surface area contributed by atoms with Gasteiger partial charge in [-0.25, -0.2) is 4.98 Å². The standard InChI is InChI=1S/C60H41N5/c1-60(2)50-30-15-12-25-42(50)45-28-18-29-48(54(45)60)58-61-57(40-23-10-5-11-24-40)62-59(63-58)65-52-32-17-14-27-44(52)47-35-34-46-43-26-13-16-31-51(43)64(55(46)56(47)65)53-36-33-41(38-19-6-3-7-20-38)37-49(53)39-21-8-4-9-22-39/h3-37H,1-2H3. The summed E-state index contributed by atoms with van der Waals surface area (Å²) in [5.41, 5.74) is 16.7. The lowest BCUT2D eigenvalue weighted by Crippen LogP contribution is -2.17. The Hall–Kier alpha value is -8.41. The Morgan fingerprint density at radius 2 is 0.892 bits per heavy atom. The van der Waals surface area contributed by atoms with Crippen molar-refractivity contribution in [1.82, 2.24) is 24.1 Å². The number of benzene rings is 9. The van der Waals surface area contributed by atoms with Crippen LogP contribution in [0.25, 0.3) is 111 Å². The fourth-order valence-corrected chi connectivity index (χ4v) is 10.7. The Bertz CT molecular complexity index is 3840. The summed E-state index contributed by atoms with van der Waals surface area (Å²) >= 11 is 0. The van der Waals surface area contributed by atoms with Gasteiger partial charge in [0.05, 0.1) is 27.8 Å². The van der Waals surface area contributed by atoms with E-state index in [1.165, 1.54) is 33.2 Å². The van der Waals surface area contributed by atoms with Crippen molar-refractivity contribution in [3.63, 3.8) is 0 Å². The van der Waals surface area contributed by atoms with E-state index >= 15 is 0 Å². The van der Waals surface area contributed by atoms with E-state index in [2.05, 4.69) is 217 Å². The molecule has 9 aromatic carbocycles. The largest absolute Gasteiger partial charge is 0.307 e. The molecule has 0 spiro atoms. The van der Waals surface area contributed by atoms with Gasteiger partial charge in [0, 0.05) is 43.7 Å². The van der Waals surface area contributed by atoms with Crippen molar-refractivity contribution in [3.8, 4) is 67.8 Å². The summed E-state index contributed by atoms with van der Waals surface area (Å²) in [6.07, 6.45) is 0. The second kappa shape index (κ2) is 14.3. The molecule has 0 aliphatic heterocycles. The van der Waals surface area contributed by atoms with Crippen LogP contribution in [0, 0.1) is 0 Å². The highest BCUT2D eigenvalue weighted by atomic mass is 15.2. The van der Waals surface area contributed by atoms with E-state index in [1.54, 1.807) is 0 Å². The molecule has 5 nitrogen and oxygen atoms in total. The van der Waals surface area contributed by atoms with Crippen molar-refractivity contribution in [3.05, 3.63) is 223 Å².